The fraction of sp³-hybridized carbons (Fsp3) is 0.286. The second kappa shape index (κ2) is 6.44. The van der Waals surface area contributed by atoms with Gasteiger partial charge in [0.25, 0.3) is 0 Å². The van der Waals surface area contributed by atoms with Crippen LogP contribution in [0.4, 0.5) is 0 Å². The number of thiophene rings is 1. The third-order valence-electron chi connectivity index (χ3n) is 3.51. The van der Waals surface area contributed by atoms with Gasteiger partial charge in [0.2, 0.25) is 0 Å². The molecule has 1 aromatic carbocycles. The molecule has 0 saturated carbocycles. The second-order valence-electron chi connectivity index (χ2n) is 4.85. The molecular weight excluding hydrogens is 395 g/mol. The lowest BCUT2D eigenvalue weighted by atomic mass is 9.99. The molecule has 1 aliphatic rings. The Balaban J connectivity index is 1.93. The molecule has 7 heteroatoms. The van der Waals surface area contributed by atoms with Crippen molar-refractivity contribution >= 4 is 50.5 Å². The number of hydrogen-bond donors (Lipinski definition) is 2. The van der Waals surface area contributed by atoms with E-state index in [1.165, 1.54) is 16.9 Å². The Hall–Kier alpha value is -0.300. The van der Waals surface area contributed by atoms with Gasteiger partial charge in [0.1, 0.15) is 5.75 Å². The maximum atomic E-state index is 6.23. The van der Waals surface area contributed by atoms with Gasteiger partial charge in [-0.2, -0.15) is 0 Å². The van der Waals surface area contributed by atoms with E-state index in [1.807, 2.05) is 6.07 Å². The summed E-state index contributed by atoms with van der Waals surface area (Å²) in [6, 6.07) is 5.92. The van der Waals surface area contributed by atoms with E-state index >= 15 is 0 Å². The number of halogens is 3. The average Bonchev–Trinajstić information content (AvgIpc) is 3.02. The van der Waals surface area contributed by atoms with E-state index in [0.717, 1.165) is 34.4 Å². The maximum absolute atomic E-state index is 6.23. The fourth-order valence-electron chi connectivity index (χ4n) is 2.57. The molecule has 2 aromatic rings. The molecule has 0 spiro atoms. The van der Waals surface area contributed by atoms with Crippen LogP contribution in [0, 0.1) is 0 Å². The Bertz CT molecular complexity index is 677. The average molecular weight is 408 g/mol. The molecule has 0 bridgehead atoms. The van der Waals surface area contributed by atoms with Crippen LogP contribution in [0.2, 0.25) is 8.67 Å². The minimum atomic E-state index is -0.108. The molecule has 0 radical (unpaired) electrons. The van der Waals surface area contributed by atoms with Gasteiger partial charge in [0, 0.05) is 16.5 Å². The van der Waals surface area contributed by atoms with E-state index in [2.05, 4.69) is 33.5 Å². The molecule has 1 aromatic heterocycles. The molecule has 2 heterocycles. The van der Waals surface area contributed by atoms with Gasteiger partial charge >= 0.3 is 0 Å². The molecule has 1 unspecified atom stereocenters. The summed E-state index contributed by atoms with van der Waals surface area (Å²) in [7, 11) is 0. The van der Waals surface area contributed by atoms with Crippen molar-refractivity contribution in [2.75, 3.05) is 6.61 Å². The summed E-state index contributed by atoms with van der Waals surface area (Å²) in [5.41, 5.74) is 6.08. The Morgan fingerprint density at radius 1 is 1.38 bits per heavy atom. The van der Waals surface area contributed by atoms with Crippen molar-refractivity contribution in [2.24, 2.45) is 5.84 Å². The molecule has 3 N–H and O–H groups in total. The topological polar surface area (TPSA) is 47.3 Å². The van der Waals surface area contributed by atoms with Crippen molar-refractivity contribution in [2.45, 2.75) is 18.9 Å². The molecule has 0 fully saturated rings. The first kappa shape index (κ1) is 15.6. The highest BCUT2D eigenvalue weighted by Crippen LogP contribution is 2.39. The van der Waals surface area contributed by atoms with Crippen LogP contribution in [0.3, 0.4) is 0 Å². The van der Waals surface area contributed by atoms with E-state index in [9.17, 15) is 0 Å². The van der Waals surface area contributed by atoms with E-state index in [4.69, 9.17) is 33.8 Å². The first-order valence-electron chi connectivity index (χ1n) is 6.43. The minimum Gasteiger partial charge on any atom is -0.493 e. The van der Waals surface area contributed by atoms with Gasteiger partial charge < -0.3 is 4.74 Å². The smallest absolute Gasteiger partial charge is 0.125 e. The summed E-state index contributed by atoms with van der Waals surface area (Å²) in [6.45, 7) is 0.727. The van der Waals surface area contributed by atoms with Crippen LogP contribution in [0.1, 0.15) is 22.7 Å². The van der Waals surface area contributed by atoms with Gasteiger partial charge in [-0.3, -0.25) is 11.3 Å². The van der Waals surface area contributed by atoms with Gasteiger partial charge in [-0.25, -0.2) is 0 Å². The van der Waals surface area contributed by atoms with Gasteiger partial charge in [-0.1, -0.05) is 39.1 Å². The SMILES string of the molecule is NNC(Cc1cc(Br)cc2c1OCC2)c1cc(Cl)sc1Cl. The van der Waals surface area contributed by atoms with Gasteiger partial charge in [0.15, 0.2) is 0 Å². The Morgan fingerprint density at radius 3 is 2.86 bits per heavy atom. The predicted octanol–water partition coefficient (Wildman–Crippen LogP) is 4.50. The highest BCUT2D eigenvalue weighted by atomic mass is 79.9. The number of nitrogens with one attached hydrogen (secondary N) is 1. The normalized spacial score (nSPS) is 14.9. The van der Waals surface area contributed by atoms with Crippen molar-refractivity contribution in [1.29, 1.82) is 0 Å². The van der Waals surface area contributed by atoms with Gasteiger partial charge in [-0.15, -0.1) is 11.3 Å². The quantitative estimate of drug-likeness (QED) is 0.579. The van der Waals surface area contributed by atoms with Crippen LogP contribution in [0.25, 0.3) is 0 Å². The third-order valence-corrected chi connectivity index (χ3v) is 5.48. The van der Waals surface area contributed by atoms with Crippen LogP contribution in [0.15, 0.2) is 22.7 Å². The molecule has 21 heavy (non-hydrogen) atoms. The summed E-state index contributed by atoms with van der Waals surface area (Å²) >= 11 is 17.2. The molecule has 0 saturated heterocycles. The minimum absolute atomic E-state index is 0.108. The van der Waals surface area contributed by atoms with Crippen LogP contribution in [-0.2, 0) is 12.8 Å². The monoisotopic (exact) mass is 406 g/mol. The third kappa shape index (κ3) is 3.23. The summed E-state index contributed by atoms with van der Waals surface area (Å²) in [6.07, 6.45) is 1.62. The van der Waals surface area contributed by atoms with E-state index < -0.39 is 0 Å². The molecular formula is C14H13BrCl2N2OS. The molecule has 3 rings (SSSR count). The molecule has 3 nitrogen and oxygen atoms in total. The maximum Gasteiger partial charge on any atom is 0.125 e. The molecule has 1 aliphatic heterocycles. The molecule has 0 amide bonds. The first-order chi connectivity index (χ1) is 10.1. The molecule has 1 atom stereocenters. The largest absolute Gasteiger partial charge is 0.493 e. The standard InChI is InChI=1S/C14H13BrCl2N2OS/c15-9-3-7-1-2-20-13(7)8(4-9)5-11(19-18)10-6-12(16)21-14(10)17/h3-4,6,11,19H,1-2,5,18H2. The van der Waals surface area contributed by atoms with Crippen LogP contribution in [0.5, 0.6) is 5.75 Å². The zero-order valence-corrected chi connectivity index (χ0v) is 14.9. The fourth-order valence-corrected chi connectivity index (χ4v) is 4.70. The van der Waals surface area contributed by atoms with Crippen molar-refractivity contribution in [3.8, 4) is 5.75 Å². The van der Waals surface area contributed by atoms with E-state index in [1.54, 1.807) is 0 Å². The first-order valence-corrected chi connectivity index (χ1v) is 8.80. The number of benzene rings is 1. The summed E-state index contributed by atoms with van der Waals surface area (Å²) in [5, 5.41) is 0. The molecule has 112 valence electrons. The number of hydrazine groups is 1. The summed E-state index contributed by atoms with van der Waals surface area (Å²) in [5.74, 6) is 6.68. The second-order valence-corrected chi connectivity index (χ2v) is 8.06. The number of ether oxygens (including phenoxy) is 1. The number of hydrogen-bond acceptors (Lipinski definition) is 4. The van der Waals surface area contributed by atoms with E-state index in [-0.39, 0.29) is 6.04 Å². The van der Waals surface area contributed by atoms with E-state index in [0.29, 0.717) is 15.1 Å². The number of nitrogens with two attached hydrogens (primary N) is 1. The lowest BCUT2D eigenvalue weighted by molar-refractivity contribution is 0.351. The zero-order valence-electron chi connectivity index (χ0n) is 11.0. The predicted molar refractivity (Wildman–Crippen MR) is 91.4 cm³/mol. The van der Waals surface area contributed by atoms with Crippen molar-refractivity contribution < 1.29 is 4.74 Å². The lowest BCUT2D eigenvalue weighted by Gasteiger charge is -2.17. The van der Waals surface area contributed by atoms with Gasteiger partial charge in [-0.05, 0) is 35.7 Å². The van der Waals surface area contributed by atoms with Crippen molar-refractivity contribution in [1.82, 2.24) is 5.43 Å². The summed E-state index contributed by atoms with van der Waals surface area (Å²) < 4.78 is 8.12. The number of fused-ring (bicyclic) bond motifs is 1. The van der Waals surface area contributed by atoms with Crippen molar-refractivity contribution in [3.05, 3.63) is 48.0 Å². The molecule has 0 aliphatic carbocycles. The zero-order chi connectivity index (χ0) is 15.0. The highest BCUT2D eigenvalue weighted by Gasteiger charge is 2.22. The lowest BCUT2D eigenvalue weighted by Crippen LogP contribution is -2.29. The Kier molecular flexibility index (Phi) is 4.78. The highest BCUT2D eigenvalue weighted by molar-refractivity contribution is 9.10. The Labute approximate surface area is 145 Å². The van der Waals surface area contributed by atoms with Crippen molar-refractivity contribution in [3.63, 3.8) is 0 Å². The van der Waals surface area contributed by atoms with Crippen LogP contribution in [-0.4, -0.2) is 6.61 Å². The number of rotatable bonds is 4. The van der Waals surface area contributed by atoms with Gasteiger partial charge in [0.05, 0.1) is 21.3 Å². The summed E-state index contributed by atoms with van der Waals surface area (Å²) in [4.78, 5) is 0. The van der Waals surface area contributed by atoms with Crippen LogP contribution >= 0.6 is 50.5 Å². The van der Waals surface area contributed by atoms with Crippen LogP contribution < -0.4 is 16.0 Å². The Morgan fingerprint density at radius 2 is 2.19 bits per heavy atom.